The number of ether oxygens (including phenoxy) is 1. The second kappa shape index (κ2) is 9.86. The topological polar surface area (TPSA) is 106 Å². The summed E-state index contributed by atoms with van der Waals surface area (Å²) in [6, 6.07) is 8.00. The molecule has 1 aromatic heterocycles. The summed E-state index contributed by atoms with van der Waals surface area (Å²) in [6.07, 6.45) is 2.36. The van der Waals surface area contributed by atoms with Gasteiger partial charge in [0.25, 0.3) is 5.91 Å². The zero-order chi connectivity index (χ0) is 23.4. The number of nitrogens with one attached hydrogen (secondary N) is 1. The van der Waals surface area contributed by atoms with Crippen LogP contribution in [-0.2, 0) is 9.59 Å². The third kappa shape index (κ3) is 4.62. The maximum Gasteiger partial charge on any atom is 0.270 e. The fourth-order valence-electron chi connectivity index (χ4n) is 4.25. The highest BCUT2D eigenvalue weighted by Gasteiger charge is 2.40. The summed E-state index contributed by atoms with van der Waals surface area (Å²) < 4.78 is 5.38. The standard InChI is InChI=1S/C24H30N4O4/c1-15(2)8-9-21(24(31)28-13-16(14-29)10-17(28)12-25)27(3)23(30)20-11-18-19(26-20)6-5-7-22(18)32-4/h5-7,11,14-17,21,26H,8-10,13H2,1-4H3. The third-order valence-corrected chi connectivity index (χ3v) is 6.12. The molecule has 3 atom stereocenters. The van der Waals surface area contributed by atoms with Gasteiger partial charge < -0.3 is 24.3 Å². The van der Waals surface area contributed by atoms with Gasteiger partial charge in [0.15, 0.2) is 0 Å². The van der Waals surface area contributed by atoms with E-state index >= 15 is 0 Å². The van der Waals surface area contributed by atoms with Crippen molar-refractivity contribution in [3.8, 4) is 11.8 Å². The van der Waals surface area contributed by atoms with Gasteiger partial charge in [0, 0.05) is 30.4 Å². The van der Waals surface area contributed by atoms with Gasteiger partial charge in [-0.05, 0) is 43.4 Å². The smallest absolute Gasteiger partial charge is 0.270 e. The van der Waals surface area contributed by atoms with Crippen molar-refractivity contribution in [3.05, 3.63) is 30.0 Å². The molecule has 1 aromatic carbocycles. The average molecular weight is 439 g/mol. The van der Waals surface area contributed by atoms with Crippen molar-refractivity contribution in [2.45, 2.75) is 45.2 Å². The van der Waals surface area contributed by atoms with Crippen LogP contribution in [0.25, 0.3) is 10.9 Å². The summed E-state index contributed by atoms with van der Waals surface area (Å²) in [6.45, 7) is 4.33. The lowest BCUT2D eigenvalue weighted by Gasteiger charge is -2.32. The number of nitrogens with zero attached hydrogens (tertiary/aromatic N) is 3. The van der Waals surface area contributed by atoms with Crippen molar-refractivity contribution >= 4 is 29.0 Å². The molecule has 3 rings (SSSR count). The fraction of sp³-hybridized carbons (Fsp3) is 0.500. The number of benzene rings is 1. The molecule has 8 nitrogen and oxygen atoms in total. The van der Waals surface area contributed by atoms with Crippen LogP contribution in [0.15, 0.2) is 24.3 Å². The molecule has 8 heteroatoms. The first kappa shape index (κ1) is 23.3. The van der Waals surface area contributed by atoms with Crippen LogP contribution in [0.2, 0.25) is 0 Å². The number of rotatable bonds is 8. The number of aromatic amines is 1. The van der Waals surface area contributed by atoms with E-state index in [0.717, 1.165) is 23.6 Å². The average Bonchev–Trinajstić information content (AvgIpc) is 3.41. The normalized spacial score (nSPS) is 19.1. The second-order valence-electron chi connectivity index (χ2n) is 8.77. The highest BCUT2D eigenvalue weighted by Crippen LogP contribution is 2.28. The van der Waals surface area contributed by atoms with Crippen molar-refractivity contribution < 1.29 is 19.1 Å². The molecule has 0 spiro atoms. The molecule has 2 amide bonds. The first-order chi connectivity index (χ1) is 15.3. The maximum absolute atomic E-state index is 13.5. The van der Waals surface area contributed by atoms with Gasteiger partial charge in [-0.1, -0.05) is 19.9 Å². The molecule has 0 saturated carbocycles. The summed E-state index contributed by atoms with van der Waals surface area (Å²) in [4.78, 5) is 44.1. The molecule has 1 aliphatic heterocycles. The molecule has 170 valence electrons. The molecule has 3 unspecified atom stereocenters. The molecule has 32 heavy (non-hydrogen) atoms. The molecule has 1 aliphatic rings. The van der Waals surface area contributed by atoms with Crippen molar-refractivity contribution in [1.82, 2.24) is 14.8 Å². The van der Waals surface area contributed by atoms with Gasteiger partial charge in [0.05, 0.1) is 13.2 Å². The Bertz CT molecular complexity index is 1040. The quantitative estimate of drug-likeness (QED) is 0.638. The number of methoxy groups -OCH3 is 1. The molecule has 1 fully saturated rings. The Balaban J connectivity index is 1.89. The van der Waals surface area contributed by atoms with E-state index in [0.29, 0.717) is 30.2 Å². The predicted octanol–water partition coefficient (Wildman–Crippen LogP) is 2.99. The van der Waals surface area contributed by atoms with Crippen LogP contribution < -0.4 is 4.74 Å². The highest BCUT2D eigenvalue weighted by atomic mass is 16.5. The Kier molecular flexibility index (Phi) is 7.18. The van der Waals surface area contributed by atoms with E-state index in [2.05, 4.69) is 24.9 Å². The number of likely N-dealkylation sites (N-methyl/N-ethyl adjacent to an activating group) is 1. The van der Waals surface area contributed by atoms with Crippen molar-refractivity contribution in [3.63, 3.8) is 0 Å². The van der Waals surface area contributed by atoms with Gasteiger partial charge in [0.2, 0.25) is 5.91 Å². The number of nitriles is 1. The van der Waals surface area contributed by atoms with E-state index < -0.39 is 12.1 Å². The van der Waals surface area contributed by atoms with Gasteiger partial charge in [-0.15, -0.1) is 0 Å². The zero-order valence-electron chi connectivity index (χ0n) is 19.0. The molecule has 0 radical (unpaired) electrons. The lowest BCUT2D eigenvalue weighted by atomic mass is 10.0. The molecule has 0 bridgehead atoms. The molecule has 1 saturated heterocycles. The van der Waals surface area contributed by atoms with E-state index in [1.807, 2.05) is 18.2 Å². The Labute approximate surface area is 188 Å². The Morgan fingerprint density at radius 3 is 2.75 bits per heavy atom. The van der Waals surface area contributed by atoms with Gasteiger partial charge in [0.1, 0.15) is 29.8 Å². The summed E-state index contributed by atoms with van der Waals surface area (Å²) in [5, 5.41) is 10.3. The molecular formula is C24H30N4O4. The molecule has 2 aromatic rings. The van der Waals surface area contributed by atoms with Gasteiger partial charge in [-0.25, -0.2) is 0 Å². The number of carbonyl (C=O) groups excluding carboxylic acids is 3. The Morgan fingerprint density at radius 2 is 2.12 bits per heavy atom. The SMILES string of the molecule is COc1cccc2[nH]c(C(=O)N(C)C(CCC(C)C)C(=O)N3CC(C=O)CC3C#N)cc12. The summed E-state index contributed by atoms with van der Waals surface area (Å²) in [5.74, 6) is 0.0496. The van der Waals surface area contributed by atoms with Gasteiger partial charge in [-0.2, -0.15) is 5.26 Å². The minimum atomic E-state index is -0.723. The number of likely N-dealkylation sites (tertiary alicyclic amines) is 1. The minimum absolute atomic E-state index is 0.213. The molecule has 0 aliphatic carbocycles. The Morgan fingerprint density at radius 1 is 1.38 bits per heavy atom. The van der Waals surface area contributed by atoms with Crippen LogP contribution in [-0.4, -0.2) is 65.7 Å². The number of amides is 2. The second-order valence-corrected chi connectivity index (χ2v) is 8.77. The summed E-state index contributed by atoms with van der Waals surface area (Å²) >= 11 is 0. The van der Waals surface area contributed by atoms with Crippen LogP contribution in [0.5, 0.6) is 5.75 Å². The number of hydrogen-bond donors (Lipinski definition) is 1. The lowest BCUT2D eigenvalue weighted by molar-refractivity contribution is -0.136. The van der Waals surface area contributed by atoms with E-state index in [1.165, 1.54) is 9.80 Å². The number of hydrogen-bond acceptors (Lipinski definition) is 5. The molecular weight excluding hydrogens is 408 g/mol. The van der Waals surface area contributed by atoms with E-state index in [4.69, 9.17) is 4.74 Å². The van der Waals surface area contributed by atoms with E-state index in [1.54, 1.807) is 20.2 Å². The van der Waals surface area contributed by atoms with Crippen LogP contribution >= 0.6 is 0 Å². The summed E-state index contributed by atoms with van der Waals surface area (Å²) in [7, 11) is 3.19. The number of aromatic nitrogens is 1. The van der Waals surface area contributed by atoms with Crippen molar-refractivity contribution in [2.75, 3.05) is 20.7 Å². The van der Waals surface area contributed by atoms with Crippen LogP contribution in [0.3, 0.4) is 0 Å². The minimum Gasteiger partial charge on any atom is -0.496 e. The first-order valence-electron chi connectivity index (χ1n) is 10.9. The van der Waals surface area contributed by atoms with Crippen molar-refractivity contribution in [1.29, 1.82) is 5.26 Å². The monoisotopic (exact) mass is 438 g/mol. The predicted molar refractivity (Wildman–Crippen MR) is 120 cm³/mol. The number of fused-ring (bicyclic) bond motifs is 1. The van der Waals surface area contributed by atoms with Gasteiger partial charge in [-0.3, -0.25) is 9.59 Å². The molecule has 1 N–H and O–H groups in total. The van der Waals surface area contributed by atoms with E-state index in [9.17, 15) is 19.6 Å². The van der Waals surface area contributed by atoms with Crippen molar-refractivity contribution in [2.24, 2.45) is 11.8 Å². The summed E-state index contributed by atoms with van der Waals surface area (Å²) in [5.41, 5.74) is 1.13. The van der Waals surface area contributed by atoms with E-state index in [-0.39, 0.29) is 24.3 Å². The largest absolute Gasteiger partial charge is 0.496 e. The van der Waals surface area contributed by atoms with Crippen LogP contribution in [0, 0.1) is 23.2 Å². The van der Waals surface area contributed by atoms with Gasteiger partial charge >= 0.3 is 0 Å². The zero-order valence-corrected chi connectivity index (χ0v) is 19.0. The first-order valence-corrected chi connectivity index (χ1v) is 10.9. The maximum atomic E-state index is 13.5. The molecule has 2 heterocycles. The van der Waals surface area contributed by atoms with Crippen LogP contribution in [0.1, 0.15) is 43.6 Å². The lowest BCUT2D eigenvalue weighted by Crippen LogP contribution is -2.50. The Hall–Kier alpha value is -3.34. The highest BCUT2D eigenvalue weighted by molar-refractivity contribution is 6.01. The third-order valence-electron chi connectivity index (χ3n) is 6.12. The number of aldehydes is 1. The fourth-order valence-corrected chi connectivity index (χ4v) is 4.25. The number of H-pyrrole nitrogens is 1. The number of carbonyl (C=O) groups is 3. The van der Waals surface area contributed by atoms with Crippen LogP contribution in [0.4, 0.5) is 0 Å².